The minimum Gasteiger partial charge on any atom is -0.497 e. The summed E-state index contributed by atoms with van der Waals surface area (Å²) < 4.78 is 5.15. The minimum atomic E-state index is -0.125. The molecule has 3 aromatic rings. The highest BCUT2D eigenvalue weighted by molar-refractivity contribution is 5.94. The molecule has 2 aromatic carbocycles. The van der Waals surface area contributed by atoms with Gasteiger partial charge in [-0.2, -0.15) is 0 Å². The van der Waals surface area contributed by atoms with E-state index < -0.39 is 0 Å². The summed E-state index contributed by atoms with van der Waals surface area (Å²) in [5.74, 6) is 1.41. The summed E-state index contributed by atoms with van der Waals surface area (Å²) in [6, 6.07) is 19.7. The number of anilines is 2. The number of aryl methyl sites for hydroxylation is 1. The number of rotatable bonds is 8. The zero-order valence-electron chi connectivity index (χ0n) is 16.2. The predicted molar refractivity (Wildman–Crippen MR) is 112 cm³/mol. The molecule has 5 nitrogen and oxygen atoms in total. The third kappa shape index (κ3) is 5.33. The van der Waals surface area contributed by atoms with Crippen LogP contribution in [0.25, 0.3) is 0 Å². The van der Waals surface area contributed by atoms with Gasteiger partial charge in [-0.3, -0.25) is 4.79 Å². The normalized spacial score (nSPS) is 10.4. The molecule has 0 bridgehead atoms. The Kier molecular flexibility index (Phi) is 6.63. The van der Waals surface area contributed by atoms with Crippen LogP contribution in [-0.2, 0) is 12.8 Å². The van der Waals surface area contributed by atoms with E-state index in [2.05, 4.69) is 34.7 Å². The summed E-state index contributed by atoms with van der Waals surface area (Å²) in [5, 5.41) is 6.17. The summed E-state index contributed by atoms with van der Waals surface area (Å²) in [7, 11) is 1.64. The summed E-state index contributed by atoms with van der Waals surface area (Å²) in [6.07, 6.45) is 3.36. The Hall–Kier alpha value is -3.34. The van der Waals surface area contributed by atoms with Gasteiger partial charge < -0.3 is 15.4 Å². The van der Waals surface area contributed by atoms with Gasteiger partial charge in [0, 0.05) is 18.4 Å². The van der Waals surface area contributed by atoms with Crippen LogP contribution in [0.2, 0.25) is 0 Å². The van der Waals surface area contributed by atoms with Gasteiger partial charge in [0.05, 0.1) is 12.7 Å². The lowest BCUT2D eigenvalue weighted by Crippen LogP contribution is -2.25. The Labute approximate surface area is 165 Å². The maximum atomic E-state index is 12.3. The van der Waals surface area contributed by atoms with Crippen molar-refractivity contribution in [2.45, 2.75) is 19.8 Å². The van der Waals surface area contributed by atoms with Gasteiger partial charge in [0.2, 0.25) is 0 Å². The summed E-state index contributed by atoms with van der Waals surface area (Å²) in [5.41, 5.74) is 3.95. The number of ether oxygens (including phenoxy) is 1. The van der Waals surface area contributed by atoms with E-state index in [0.717, 1.165) is 29.8 Å². The molecule has 0 saturated heterocycles. The van der Waals surface area contributed by atoms with Crippen molar-refractivity contribution in [2.75, 3.05) is 19.0 Å². The van der Waals surface area contributed by atoms with E-state index >= 15 is 0 Å². The smallest absolute Gasteiger partial charge is 0.252 e. The first-order valence-corrected chi connectivity index (χ1v) is 9.41. The van der Waals surface area contributed by atoms with Crippen LogP contribution in [-0.4, -0.2) is 24.5 Å². The zero-order valence-corrected chi connectivity index (χ0v) is 16.2. The summed E-state index contributed by atoms with van der Waals surface area (Å²) in [6.45, 7) is 2.69. The number of hydrogen-bond acceptors (Lipinski definition) is 4. The number of pyridine rings is 1. The molecule has 1 heterocycles. The van der Waals surface area contributed by atoms with E-state index in [1.807, 2.05) is 42.5 Å². The molecule has 0 unspecified atom stereocenters. The number of nitrogens with one attached hydrogen (secondary N) is 2. The van der Waals surface area contributed by atoms with Gasteiger partial charge in [-0.1, -0.05) is 31.2 Å². The van der Waals surface area contributed by atoms with E-state index in [-0.39, 0.29) is 5.91 Å². The lowest BCUT2D eigenvalue weighted by molar-refractivity contribution is 0.0954. The fourth-order valence-electron chi connectivity index (χ4n) is 2.79. The SMILES string of the molecule is CCc1ccc(Nc2ccc(C(=O)NCCc3ccc(OC)cc3)cn2)cc1. The number of amides is 1. The molecule has 0 radical (unpaired) electrons. The molecule has 0 aliphatic carbocycles. The zero-order chi connectivity index (χ0) is 19.8. The van der Waals surface area contributed by atoms with E-state index in [9.17, 15) is 4.79 Å². The van der Waals surface area contributed by atoms with Gasteiger partial charge in [0.15, 0.2) is 0 Å². The topological polar surface area (TPSA) is 63.2 Å². The summed E-state index contributed by atoms with van der Waals surface area (Å²) in [4.78, 5) is 16.6. The lowest BCUT2D eigenvalue weighted by Gasteiger charge is -2.08. The minimum absolute atomic E-state index is 0.125. The molecule has 28 heavy (non-hydrogen) atoms. The number of aromatic nitrogens is 1. The van der Waals surface area contributed by atoms with Crippen LogP contribution < -0.4 is 15.4 Å². The maximum Gasteiger partial charge on any atom is 0.252 e. The Morgan fingerprint density at radius 3 is 2.29 bits per heavy atom. The Morgan fingerprint density at radius 2 is 1.68 bits per heavy atom. The second kappa shape index (κ2) is 9.55. The van der Waals surface area contributed by atoms with E-state index in [4.69, 9.17) is 4.74 Å². The number of hydrogen-bond donors (Lipinski definition) is 2. The fourth-order valence-corrected chi connectivity index (χ4v) is 2.79. The van der Waals surface area contributed by atoms with Gasteiger partial charge in [-0.05, 0) is 60.4 Å². The van der Waals surface area contributed by atoms with Gasteiger partial charge in [0.25, 0.3) is 5.91 Å². The first-order chi connectivity index (χ1) is 13.7. The number of nitrogens with zero attached hydrogens (tertiary/aromatic N) is 1. The average Bonchev–Trinajstić information content (AvgIpc) is 2.75. The molecule has 3 rings (SSSR count). The van der Waals surface area contributed by atoms with Crippen LogP contribution in [0.5, 0.6) is 5.75 Å². The molecule has 1 aromatic heterocycles. The van der Waals surface area contributed by atoms with Crippen LogP contribution in [0.1, 0.15) is 28.4 Å². The lowest BCUT2D eigenvalue weighted by atomic mass is 10.1. The molecule has 0 aliphatic rings. The Balaban J connectivity index is 1.49. The predicted octanol–water partition coefficient (Wildman–Crippen LogP) is 4.37. The molecule has 0 aliphatic heterocycles. The molecule has 2 N–H and O–H groups in total. The van der Waals surface area contributed by atoms with Crippen LogP contribution in [0.15, 0.2) is 66.9 Å². The highest BCUT2D eigenvalue weighted by Gasteiger charge is 2.06. The van der Waals surface area contributed by atoms with Crippen molar-refractivity contribution in [3.05, 3.63) is 83.6 Å². The van der Waals surface area contributed by atoms with Crippen molar-refractivity contribution < 1.29 is 9.53 Å². The molecule has 5 heteroatoms. The van der Waals surface area contributed by atoms with Gasteiger partial charge in [-0.15, -0.1) is 0 Å². The monoisotopic (exact) mass is 375 g/mol. The van der Waals surface area contributed by atoms with Gasteiger partial charge in [0.1, 0.15) is 11.6 Å². The van der Waals surface area contributed by atoms with Crippen LogP contribution in [0, 0.1) is 0 Å². The number of benzene rings is 2. The molecule has 0 saturated carbocycles. The Bertz CT molecular complexity index is 889. The number of carbonyl (C=O) groups excluding carboxylic acids is 1. The first kappa shape index (κ1) is 19.4. The Morgan fingerprint density at radius 1 is 0.964 bits per heavy atom. The molecular formula is C23H25N3O2. The second-order valence-corrected chi connectivity index (χ2v) is 6.46. The molecule has 0 fully saturated rings. The maximum absolute atomic E-state index is 12.3. The van der Waals surface area contributed by atoms with Crippen molar-refractivity contribution in [3.63, 3.8) is 0 Å². The number of carbonyl (C=O) groups is 1. The third-order valence-corrected chi connectivity index (χ3v) is 4.52. The molecule has 1 amide bonds. The molecule has 0 spiro atoms. The molecular weight excluding hydrogens is 350 g/mol. The first-order valence-electron chi connectivity index (χ1n) is 9.41. The fraction of sp³-hybridized carbons (Fsp3) is 0.217. The quantitative estimate of drug-likeness (QED) is 0.614. The average molecular weight is 375 g/mol. The van der Waals surface area contributed by atoms with Gasteiger partial charge in [-0.25, -0.2) is 4.98 Å². The van der Waals surface area contributed by atoms with Crippen molar-refractivity contribution in [3.8, 4) is 5.75 Å². The van der Waals surface area contributed by atoms with Crippen LogP contribution in [0.3, 0.4) is 0 Å². The van der Waals surface area contributed by atoms with E-state index in [1.165, 1.54) is 5.56 Å². The standard InChI is InChI=1S/C23H25N3O2/c1-3-17-4-9-20(10-5-17)26-22-13-8-19(16-25-22)23(27)24-15-14-18-6-11-21(28-2)12-7-18/h4-13,16H,3,14-15H2,1-2H3,(H,24,27)(H,25,26). The van der Waals surface area contributed by atoms with Gasteiger partial charge >= 0.3 is 0 Å². The van der Waals surface area contributed by atoms with Crippen molar-refractivity contribution in [1.82, 2.24) is 10.3 Å². The third-order valence-electron chi connectivity index (χ3n) is 4.52. The molecule has 144 valence electrons. The van der Waals surface area contributed by atoms with Crippen LogP contribution in [0.4, 0.5) is 11.5 Å². The summed E-state index contributed by atoms with van der Waals surface area (Å²) >= 11 is 0. The highest BCUT2D eigenvalue weighted by Crippen LogP contribution is 2.16. The largest absolute Gasteiger partial charge is 0.497 e. The van der Waals surface area contributed by atoms with E-state index in [1.54, 1.807) is 19.4 Å². The van der Waals surface area contributed by atoms with Crippen LogP contribution >= 0.6 is 0 Å². The second-order valence-electron chi connectivity index (χ2n) is 6.46. The van der Waals surface area contributed by atoms with Crippen molar-refractivity contribution >= 4 is 17.4 Å². The van der Waals surface area contributed by atoms with E-state index in [0.29, 0.717) is 17.9 Å². The van der Waals surface area contributed by atoms with Crippen molar-refractivity contribution in [2.24, 2.45) is 0 Å². The molecule has 0 atom stereocenters. The highest BCUT2D eigenvalue weighted by atomic mass is 16.5. The number of methoxy groups -OCH3 is 1. The van der Waals surface area contributed by atoms with Crippen molar-refractivity contribution in [1.29, 1.82) is 0 Å².